The standard InChI is InChI=1S/C21H24N2O/c1-4-22(5-2)17-14-19(16-10-8-7-9-11-16)18-12-13-21(24)23(6-3)20(18)15-17/h7-15H,4-6H2,1-3H3. The quantitative estimate of drug-likeness (QED) is 0.690. The van der Waals surface area contributed by atoms with Crippen LogP contribution in [0.1, 0.15) is 20.8 Å². The summed E-state index contributed by atoms with van der Waals surface area (Å²) in [6.45, 7) is 8.90. The van der Waals surface area contributed by atoms with E-state index in [1.54, 1.807) is 6.07 Å². The molecule has 0 aliphatic carbocycles. The van der Waals surface area contributed by atoms with Crippen LogP contribution in [0.2, 0.25) is 0 Å². The van der Waals surface area contributed by atoms with Gasteiger partial charge in [0.1, 0.15) is 0 Å². The monoisotopic (exact) mass is 320 g/mol. The second kappa shape index (κ2) is 6.91. The molecule has 0 aliphatic rings. The molecule has 0 N–H and O–H groups in total. The van der Waals surface area contributed by atoms with E-state index in [1.165, 1.54) is 16.8 Å². The number of aryl methyl sites for hydroxylation is 1. The van der Waals surface area contributed by atoms with Crippen LogP contribution in [0.4, 0.5) is 5.69 Å². The molecular formula is C21H24N2O. The maximum Gasteiger partial charge on any atom is 0.251 e. The fraction of sp³-hybridized carbons (Fsp3) is 0.286. The summed E-state index contributed by atoms with van der Waals surface area (Å²) in [5.41, 5.74) is 4.59. The zero-order chi connectivity index (χ0) is 17.1. The molecule has 0 amide bonds. The Kier molecular flexibility index (Phi) is 4.70. The van der Waals surface area contributed by atoms with Gasteiger partial charge in [-0.25, -0.2) is 0 Å². The van der Waals surface area contributed by atoms with Gasteiger partial charge in [0.2, 0.25) is 0 Å². The van der Waals surface area contributed by atoms with Crippen molar-refractivity contribution in [3.05, 3.63) is 65.0 Å². The number of hydrogen-bond acceptors (Lipinski definition) is 2. The van der Waals surface area contributed by atoms with E-state index in [-0.39, 0.29) is 5.56 Å². The van der Waals surface area contributed by atoms with Crippen LogP contribution >= 0.6 is 0 Å². The van der Waals surface area contributed by atoms with E-state index >= 15 is 0 Å². The number of fused-ring (bicyclic) bond motifs is 1. The van der Waals surface area contributed by atoms with Crippen LogP contribution in [-0.2, 0) is 6.54 Å². The first kappa shape index (κ1) is 16.3. The largest absolute Gasteiger partial charge is 0.372 e. The molecule has 0 radical (unpaired) electrons. The summed E-state index contributed by atoms with van der Waals surface area (Å²) in [6, 6.07) is 18.4. The SMILES string of the molecule is CCN(CC)c1cc(-c2ccccc2)c2ccc(=O)n(CC)c2c1. The average Bonchev–Trinajstić information content (AvgIpc) is 2.62. The lowest BCUT2D eigenvalue weighted by atomic mass is 9.99. The molecular weight excluding hydrogens is 296 g/mol. The predicted octanol–water partition coefficient (Wildman–Crippen LogP) is 4.53. The number of anilines is 1. The second-order valence-electron chi connectivity index (χ2n) is 5.88. The van der Waals surface area contributed by atoms with Crippen molar-refractivity contribution in [2.45, 2.75) is 27.3 Å². The number of hydrogen-bond donors (Lipinski definition) is 0. The van der Waals surface area contributed by atoms with Crippen LogP contribution in [0.5, 0.6) is 0 Å². The maximum atomic E-state index is 12.3. The minimum absolute atomic E-state index is 0.0562. The topological polar surface area (TPSA) is 25.2 Å². The molecule has 0 spiro atoms. The predicted molar refractivity (Wildman–Crippen MR) is 103 cm³/mol. The van der Waals surface area contributed by atoms with Crippen molar-refractivity contribution < 1.29 is 0 Å². The third-order valence-electron chi connectivity index (χ3n) is 4.62. The Balaban J connectivity index is 2.38. The van der Waals surface area contributed by atoms with Gasteiger partial charge in [-0.15, -0.1) is 0 Å². The van der Waals surface area contributed by atoms with Crippen molar-refractivity contribution in [2.24, 2.45) is 0 Å². The highest BCUT2D eigenvalue weighted by molar-refractivity contribution is 5.97. The Bertz CT molecular complexity index is 893. The van der Waals surface area contributed by atoms with Gasteiger partial charge < -0.3 is 9.47 Å². The van der Waals surface area contributed by atoms with E-state index in [4.69, 9.17) is 0 Å². The highest BCUT2D eigenvalue weighted by Gasteiger charge is 2.12. The van der Waals surface area contributed by atoms with E-state index < -0.39 is 0 Å². The number of aromatic nitrogens is 1. The van der Waals surface area contributed by atoms with Crippen molar-refractivity contribution in [3.8, 4) is 11.1 Å². The number of rotatable bonds is 5. The average molecular weight is 320 g/mol. The number of pyridine rings is 1. The summed E-state index contributed by atoms with van der Waals surface area (Å²) in [4.78, 5) is 14.6. The molecule has 0 aliphatic heterocycles. The van der Waals surface area contributed by atoms with Gasteiger partial charge in [0.15, 0.2) is 0 Å². The fourth-order valence-electron chi connectivity index (χ4n) is 3.34. The van der Waals surface area contributed by atoms with Crippen LogP contribution < -0.4 is 10.5 Å². The number of nitrogens with zero attached hydrogens (tertiary/aromatic N) is 2. The lowest BCUT2D eigenvalue weighted by Crippen LogP contribution is -2.23. The smallest absolute Gasteiger partial charge is 0.251 e. The summed E-state index contributed by atoms with van der Waals surface area (Å²) in [5, 5.41) is 1.12. The first-order chi connectivity index (χ1) is 11.7. The van der Waals surface area contributed by atoms with Crippen molar-refractivity contribution in [1.82, 2.24) is 4.57 Å². The molecule has 0 saturated heterocycles. The Hall–Kier alpha value is -2.55. The van der Waals surface area contributed by atoms with Crippen molar-refractivity contribution in [1.29, 1.82) is 0 Å². The minimum Gasteiger partial charge on any atom is -0.372 e. The summed E-state index contributed by atoms with van der Waals surface area (Å²) in [7, 11) is 0. The molecule has 0 unspecified atom stereocenters. The summed E-state index contributed by atoms with van der Waals surface area (Å²) in [5.74, 6) is 0. The zero-order valence-electron chi connectivity index (χ0n) is 14.6. The third-order valence-corrected chi connectivity index (χ3v) is 4.62. The highest BCUT2D eigenvalue weighted by Crippen LogP contribution is 2.33. The molecule has 0 saturated carbocycles. The molecule has 1 aromatic heterocycles. The van der Waals surface area contributed by atoms with Crippen molar-refractivity contribution in [2.75, 3.05) is 18.0 Å². The minimum atomic E-state index is 0.0562. The molecule has 0 bridgehead atoms. The lowest BCUT2D eigenvalue weighted by Gasteiger charge is -2.23. The van der Waals surface area contributed by atoms with Crippen LogP contribution in [-0.4, -0.2) is 17.7 Å². The van der Waals surface area contributed by atoms with Crippen molar-refractivity contribution >= 4 is 16.6 Å². The number of benzene rings is 2. The maximum absolute atomic E-state index is 12.3. The molecule has 3 aromatic rings. The molecule has 3 heteroatoms. The van der Waals surface area contributed by atoms with Crippen molar-refractivity contribution in [3.63, 3.8) is 0 Å². The van der Waals surface area contributed by atoms with Gasteiger partial charge in [0.05, 0.1) is 5.52 Å². The van der Waals surface area contributed by atoms with E-state index in [2.05, 4.69) is 55.1 Å². The van der Waals surface area contributed by atoms with Gasteiger partial charge >= 0.3 is 0 Å². The van der Waals surface area contributed by atoms with E-state index in [0.717, 1.165) is 24.0 Å². The van der Waals surface area contributed by atoms with Gasteiger partial charge in [0, 0.05) is 36.8 Å². The van der Waals surface area contributed by atoms with Gasteiger partial charge in [-0.2, -0.15) is 0 Å². The Morgan fingerprint density at radius 2 is 1.62 bits per heavy atom. The lowest BCUT2D eigenvalue weighted by molar-refractivity contribution is 0.759. The molecule has 24 heavy (non-hydrogen) atoms. The molecule has 2 aromatic carbocycles. The third kappa shape index (κ3) is 2.82. The molecule has 124 valence electrons. The molecule has 0 fully saturated rings. The van der Waals surface area contributed by atoms with Crippen LogP contribution in [0, 0.1) is 0 Å². The highest BCUT2D eigenvalue weighted by atomic mass is 16.1. The van der Waals surface area contributed by atoms with Crippen LogP contribution in [0.25, 0.3) is 22.0 Å². The molecule has 3 rings (SSSR count). The second-order valence-corrected chi connectivity index (χ2v) is 5.88. The summed E-state index contributed by atoms with van der Waals surface area (Å²) in [6.07, 6.45) is 0. The van der Waals surface area contributed by atoms with Gasteiger partial charge in [0.25, 0.3) is 5.56 Å². The van der Waals surface area contributed by atoms with Gasteiger partial charge in [-0.05, 0) is 50.1 Å². The molecule has 1 heterocycles. The van der Waals surface area contributed by atoms with E-state index in [1.807, 2.05) is 23.6 Å². The normalized spacial score (nSPS) is 11.0. The van der Waals surface area contributed by atoms with E-state index in [9.17, 15) is 4.79 Å². The Morgan fingerprint density at radius 3 is 2.25 bits per heavy atom. The summed E-state index contributed by atoms with van der Waals surface area (Å²) >= 11 is 0. The first-order valence-electron chi connectivity index (χ1n) is 8.67. The van der Waals surface area contributed by atoms with Gasteiger partial charge in [-0.3, -0.25) is 4.79 Å². The Morgan fingerprint density at radius 1 is 0.917 bits per heavy atom. The fourth-order valence-corrected chi connectivity index (χ4v) is 3.34. The summed E-state index contributed by atoms with van der Waals surface area (Å²) < 4.78 is 1.86. The van der Waals surface area contributed by atoms with Gasteiger partial charge in [-0.1, -0.05) is 30.3 Å². The molecule has 0 atom stereocenters. The van der Waals surface area contributed by atoms with E-state index in [0.29, 0.717) is 6.54 Å². The molecule has 3 nitrogen and oxygen atoms in total. The van der Waals surface area contributed by atoms with Crippen LogP contribution in [0.15, 0.2) is 59.4 Å². The Labute approximate surface area is 143 Å². The van der Waals surface area contributed by atoms with Crippen LogP contribution in [0.3, 0.4) is 0 Å². The zero-order valence-corrected chi connectivity index (χ0v) is 14.6. The first-order valence-corrected chi connectivity index (χ1v) is 8.67.